The summed E-state index contributed by atoms with van der Waals surface area (Å²) in [7, 11) is 0. The molecule has 6 nitrogen and oxygen atoms in total. The van der Waals surface area contributed by atoms with Crippen molar-refractivity contribution in [1.82, 2.24) is 10.2 Å². The summed E-state index contributed by atoms with van der Waals surface area (Å²) in [6, 6.07) is 13.7. The van der Waals surface area contributed by atoms with Crippen molar-refractivity contribution in [2.24, 2.45) is 0 Å². The van der Waals surface area contributed by atoms with Gasteiger partial charge >= 0.3 is 0 Å². The Kier molecular flexibility index (Phi) is 5.92. The van der Waals surface area contributed by atoms with E-state index in [2.05, 4.69) is 46.7 Å². The van der Waals surface area contributed by atoms with E-state index in [1.54, 1.807) is 6.07 Å². The van der Waals surface area contributed by atoms with Gasteiger partial charge in [-0.05, 0) is 42.7 Å². The summed E-state index contributed by atoms with van der Waals surface area (Å²) in [6.45, 7) is 6.01. The molecule has 1 atom stereocenters. The van der Waals surface area contributed by atoms with Gasteiger partial charge in [-0.1, -0.05) is 29.8 Å². The lowest BCUT2D eigenvalue weighted by Crippen LogP contribution is -2.43. The molecule has 0 saturated carbocycles. The van der Waals surface area contributed by atoms with Gasteiger partial charge in [0.2, 0.25) is 5.91 Å². The summed E-state index contributed by atoms with van der Waals surface area (Å²) in [5, 5.41) is 6.09. The molecule has 2 amide bonds. The largest absolute Gasteiger partial charge is 0.379 e. The molecule has 2 N–H and O–H groups in total. The number of ether oxygens (including phenoxy) is 1. The number of carbonyl (C=O) groups excluding carboxylic acids is 2. The number of morpholine rings is 1. The number of nitrogens with zero attached hydrogens (tertiary/aromatic N) is 1. The zero-order valence-electron chi connectivity index (χ0n) is 16.7. The van der Waals surface area contributed by atoms with Gasteiger partial charge < -0.3 is 15.4 Å². The summed E-state index contributed by atoms with van der Waals surface area (Å²) in [6.07, 6.45) is 1.12. The van der Waals surface area contributed by atoms with Crippen molar-refractivity contribution in [3.8, 4) is 0 Å². The van der Waals surface area contributed by atoms with Crippen LogP contribution < -0.4 is 10.6 Å². The fourth-order valence-electron chi connectivity index (χ4n) is 3.84. The Morgan fingerprint density at radius 3 is 2.66 bits per heavy atom. The van der Waals surface area contributed by atoms with E-state index in [0.29, 0.717) is 18.4 Å². The van der Waals surface area contributed by atoms with Gasteiger partial charge in [0.05, 0.1) is 19.3 Å². The van der Waals surface area contributed by atoms with E-state index in [9.17, 15) is 9.59 Å². The Hall–Kier alpha value is -2.70. The first-order chi connectivity index (χ1) is 14.1. The second kappa shape index (κ2) is 8.76. The lowest BCUT2D eigenvalue weighted by Gasteiger charge is -2.31. The Morgan fingerprint density at radius 2 is 1.90 bits per heavy atom. The first kappa shape index (κ1) is 19.6. The van der Waals surface area contributed by atoms with Crippen LogP contribution in [0.4, 0.5) is 5.69 Å². The smallest absolute Gasteiger partial charge is 0.251 e. The predicted octanol–water partition coefficient (Wildman–Crippen LogP) is 2.68. The molecule has 0 radical (unpaired) electrons. The molecule has 1 saturated heterocycles. The first-order valence-electron chi connectivity index (χ1n) is 10.2. The Bertz CT molecular complexity index is 889. The highest BCUT2D eigenvalue weighted by Crippen LogP contribution is 2.24. The molecular formula is C23H27N3O3. The van der Waals surface area contributed by atoms with Crippen molar-refractivity contribution < 1.29 is 14.3 Å². The van der Waals surface area contributed by atoms with Crippen molar-refractivity contribution >= 4 is 17.5 Å². The number of rotatable bonds is 5. The number of benzene rings is 2. The maximum Gasteiger partial charge on any atom is 0.251 e. The molecule has 2 aliphatic heterocycles. The first-order valence-corrected chi connectivity index (χ1v) is 10.2. The fourth-order valence-corrected chi connectivity index (χ4v) is 3.84. The van der Waals surface area contributed by atoms with Crippen LogP contribution in [0.5, 0.6) is 0 Å². The molecule has 0 aromatic heterocycles. The van der Waals surface area contributed by atoms with Crippen LogP contribution in [0, 0.1) is 6.92 Å². The van der Waals surface area contributed by atoms with Gasteiger partial charge in [0.25, 0.3) is 5.91 Å². The number of aryl methyl sites for hydroxylation is 2. The third-order valence-corrected chi connectivity index (χ3v) is 5.59. The molecule has 2 aromatic rings. The number of amides is 2. The van der Waals surface area contributed by atoms with Crippen molar-refractivity contribution in [3.63, 3.8) is 0 Å². The summed E-state index contributed by atoms with van der Waals surface area (Å²) < 4.78 is 5.45. The number of carbonyl (C=O) groups is 2. The minimum Gasteiger partial charge on any atom is -0.379 e. The van der Waals surface area contributed by atoms with Crippen molar-refractivity contribution in [2.75, 3.05) is 38.2 Å². The van der Waals surface area contributed by atoms with E-state index in [1.165, 1.54) is 5.56 Å². The highest BCUT2D eigenvalue weighted by molar-refractivity contribution is 5.98. The molecule has 0 aliphatic carbocycles. The van der Waals surface area contributed by atoms with Gasteiger partial charge in [0.1, 0.15) is 0 Å². The van der Waals surface area contributed by atoms with Gasteiger partial charge in [0, 0.05) is 37.3 Å². The van der Waals surface area contributed by atoms with Gasteiger partial charge in [-0.2, -0.15) is 0 Å². The second-order valence-corrected chi connectivity index (χ2v) is 7.77. The molecule has 0 unspecified atom stereocenters. The summed E-state index contributed by atoms with van der Waals surface area (Å²) >= 11 is 0. The highest BCUT2D eigenvalue weighted by atomic mass is 16.5. The van der Waals surface area contributed by atoms with E-state index < -0.39 is 0 Å². The number of fused-ring (bicyclic) bond motifs is 1. The standard InChI is InChI=1S/C23H27N3O3/c1-16-2-4-17(5-3-16)21(15-26-10-12-29-13-11-26)25-23(28)19-6-8-20-18(14-19)7-9-22(27)24-20/h2-6,8,14,21H,7,9-13,15H2,1H3,(H,24,27)(H,25,28)/t21-/m0/s1. The van der Waals surface area contributed by atoms with Crippen LogP contribution in [-0.2, 0) is 16.0 Å². The molecule has 0 spiro atoms. The van der Waals surface area contributed by atoms with Crippen molar-refractivity contribution in [1.29, 1.82) is 0 Å². The van der Waals surface area contributed by atoms with Crippen LogP contribution in [0.15, 0.2) is 42.5 Å². The highest BCUT2D eigenvalue weighted by Gasteiger charge is 2.22. The van der Waals surface area contributed by atoms with Crippen LogP contribution in [0.25, 0.3) is 0 Å². The molecule has 2 aromatic carbocycles. The van der Waals surface area contributed by atoms with Gasteiger partial charge in [-0.25, -0.2) is 0 Å². The van der Waals surface area contributed by atoms with Gasteiger partial charge in [-0.15, -0.1) is 0 Å². The third-order valence-electron chi connectivity index (χ3n) is 5.59. The van der Waals surface area contributed by atoms with Crippen molar-refractivity contribution in [3.05, 3.63) is 64.7 Å². The average Bonchev–Trinajstić information content (AvgIpc) is 2.74. The van der Waals surface area contributed by atoms with Gasteiger partial charge in [-0.3, -0.25) is 14.5 Å². The zero-order chi connectivity index (χ0) is 20.2. The van der Waals surface area contributed by atoms with E-state index in [1.807, 2.05) is 12.1 Å². The number of hydrogen-bond donors (Lipinski definition) is 2. The monoisotopic (exact) mass is 393 g/mol. The average molecular weight is 393 g/mol. The van der Waals surface area contributed by atoms with E-state index in [0.717, 1.165) is 49.7 Å². The minimum absolute atomic E-state index is 0.0275. The summed E-state index contributed by atoms with van der Waals surface area (Å²) in [5.74, 6) is -0.0665. The van der Waals surface area contributed by atoms with Gasteiger partial charge in [0.15, 0.2) is 0 Å². The van der Waals surface area contributed by atoms with E-state index in [4.69, 9.17) is 4.74 Å². The molecular weight excluding hydrogens is 366 g/mol. The Morgan fingerprint density at radius 1 is 1.14 bits per heavy atom. The third kappa shape index (κ3) is 4.83. The number of nitrogens with one attached hydrogen (secondary N) is 2. The molecule has 29 heavy (non-hydrogen) atoms. The summed E-state index contributed by atoms with van der Waals surface area (Å²) in [4.78, 5) is 26.9. The maximum atomic E-state index is 13.0. The molecule has 1 fully saturated rings. The minimum atomic E-state index is -0.100. The maximum absolute atomic E-state index is 13.0. The predicted molar refractivity (Wildman–Crippen MR) is 112 cm³/mol. The lowest BCUT2D eigenvalue weighted by atomic mass is 9.99. The number of anilines is 1. The SMILES string of the molecule is Cc1ccc([C@H](CN2CCOCC2)NC(=O)c2ccc3c(c2)CCC(=O)N3)cc1. The Labute approximate surface area is 171 Å². The number of hydrogen-bond acceptors (Lipinski definition) is 4. The van der Waals surface area contributed by atoms with Crippen molar-refractivity contribution in [2.45, 2.75) is 25.8 Å². The topological polar surface area (TPSA) is 70.7 Å². The van der Waals surface area contributed by atoms with Crippen LogP contribution >= 0.6 is 0 Å². The van der Waals surface area contributed by atoms with Crippen LogP contribution in [-0.4, -0.2) is 49.6 Å². The van der Waals surface area contributed by atoms with Crippen LogP contribution in [0.2, 0.25) is 0 Å². The molecule has 0 bridgehead atoms. The quantitative estimate of drug-likeness (QED) is 0.819. The fraction of sp³-hybridized carbons (Fsp3) is 0.391. The zero-order valence-corrected chi connectivity index (χ0v) is 16.7. The van der Waals surface area contributed by atoms with E-state index in [-0.39, 0.29) is 17.9 Å². The lowest BCUT2D eigenvalue weighted by molar-refractivity contribution is -0.116. The molecule has 4 rings (SSSR count). The molecule has 6 heteroatoms. The summed E-state index contributed by atoms with van der Waals surface area (Å²) in [5.41, 5.74) is 4.74. The molecule has 2 heterocycles. The second-order valence-electron chi connectivity index (χ2n) is 7.77. The van der Waals surface area contributed by atoms with E-state index >= 15 is 0 Å². The Balaban J connectivity index is 1.52. The molecule has 2 aliphatic rings. The van der Waals surface area contributed by atoms with Crippen LogP contribution in [0.3, 0.4) is 0 Å². The van der Waals surface area contributed by atoms with Crippen LogP contribution in [0.1, 0.15) is 39.5 Å². The normalized spacial score (nSPS) is 17.9. The molecule has 152 valence electrons.